The number of aliphatic hydroxyl groups is 1. The lowest BCUT2D eigenvalue weighted by Crippen LogP contribution is -2.27. The molecule has 1 fully saturated rings. The highest BCUT2D eigenvalue weighted by atomic mass is 16.6. The first-order valence-electron chi connectivity index (χ1n) is 12.2. The number of hydrogen-bond donors (Lipinski definition) is 1. The summed E-state index contributed by atoms with van der Waals surface area (Å²) in [6.45, 7) is 5.18. The van der Waals surface area contributed by atoms with E-state index in [2.05, 4.69) is 23.8 Å². The predicted molar refractivity (Wildman–Crippen MR) is 126 cm³/mol. The van der Waals surface area contributed by atoms with Gasteiger partial charge in [-0.1, -0.05) is 50.5 Å². The predicted octanol–water partition coefficient (Wildman–Crippen LogP) is 4.52. The third kappa shape index (κ3) is 11.5. The van der Waals surface area contributed by atoms with E-state index in [9.17, 15) is 19.5 Å². The van der Waals surface area contributed by atoms with Gasteiger partial charge in [-0.25, -0.2) is 4.79 Å². The summed E-state index contributed by atoms with van der Waals surface area (Å²) >= 11 is 0. The number of hydrogen-bond acceptors (Lipinski definition) is 7. The molecule has 1 N–H and O–H groups in total. The average molecular weight is 467 g/mol. The standard InChI is InChI=1S/C26H42O7/c1-5-6-7-8-9-11-14-22-21(18-32-19(2)27)17-24(29)23(22)15-12-10-13-16-25(26(30)31-4)33-20(3)28/h10-12,14,21-25,29H,5-9,13,15-18H2,1-4H3/b12-10-,14-11+/t21-,22-,23+,24-,25?/m0/s1. The Morgan fingerprint density at radius 3 is 2.42 bits per heavy atom. The van der Waals surface area contributed by atoms with Gasteiger partial charge in [-0.05, 0) is 50.4 Å². The molecule has 0 radical (unpaired) electrons. The Morgan fingerprint density at radius 2 is 1.79 bits per heavy atom. The van der Waals surface area contributed by atoms with Crippen LogP contribution in [0.25, 0.3) is 0 Å². The molecule has 0 saturated heterocycles. The minimum absolute atomic E-state index is 0.0403. The lowest BCUT2D eigenvalue weighted by Gasteiger charge is -2.21. The summed E-state index contributed by atoms with van der Waals surface area (Å²) < 4.78 is 15.0. The number of allylic oxidation sites excluding steroid dienone is 4. The normalized spacial score (nSPS) is 23.7. The second-order valence-electron chi connectivity index (χ2n) is 8.79. The SMILES string of the molecule is CCCCCC/C=C/[C@H]1[C@H](COC(C)=O)C[C@H](O)[C@@H]1C/C=C\CCC(OC(C)=O)C(=O)OC. The highest BCUT2D eigenvalue weighted by molar-refractivity contribution is 5.78. The maximum absolute atomic E-state index is 11.7. The molecular weight excluding hydrogens is 424 g/mol. The topological polar surface area (TPSA) is 99.1 Å². The van der Waals surface area contributed by atoms with Crippen molar-refractivity contribution in [2.45, 2.75) is 90.8 Å². The van der Waals surface area contributed by atoms with Crippen LogP contribution in [0.2, 0.25) is 0 Å². The Balaban J connectivity index is 2.68. The first-order valence-corrected chi connectivity index (χ1v) is 12.2. The number of methoxy groups -OCH3 is 1. The van der Waals surface area contributed by atoms with Gasteiger partial charge < -0.3 is 19.3 Å². The zero-order valence-corrected chi connectivity index (χ0v) is 20.7. The van der Waals surface area contributed by atoms with Gasteiger partial charge in [0.25, 0.3) is 0 Å². The summed E-state index contributed by atoms with van der Waals surface area (Å²) in [5.74, 6) is -1.11. The van der Waals surface area contributed by atoms with Crippen molar-refractivity contribution >= 4 is 17.9 Å². The molecule has 1 rings (SSSR count). The minimum Gasteiger partial charge on any atom is -0.466 e. The van der Waals surface area contributed by atoms with E-state index in [0.29, 0.717) is 32.3 Å². The first kappa shape index (κ1) is 28.9. The Kier molecular flexibility index (Phi) is 14.4. The molecule has 33 heavy (non-hydrogen) atoms. The van der Waals surface area contributed by atoms with Crippen molar-refractivity contribution in [3.63, 3.8) is 0 Å². The monoisotopic (exact) mass is 466 g/mol. The Morgan fingerprint density at radius 1 is 1.03 bits per heavy atom. The van der Waals surface area contributed by atoms with Crippen LogP contribution >= 0.6 is 0 Å². The van der Waals surface area contributed by atoms with E-state index in [1.54, 1.807) is 0 Å². The molecule has 5 atom stereocenters. The van der Waals surface area contributed by atoms with Gasteiger partial charge in [0.05, 0.1) is 19.8 Å². The van der Waals surface area contributed by atoms with Crippen LogP contribution in [0, 0.1) is 17.8 Å². The summed E-state index contributed by atoms with van der Waals surface area (Å²) in [5.41, 5.74) is 0. The number of esters is 3. The summed E-state index contributed by atoms with van der Waals surface area (Å²) in [4.78, 5) is 34.2. The summed E-state index contributed by atoms with van der Waals surface area (Å²) in [7, 11) is 1.26. The first-order chi connectivity index (χ1) is 15.8. The van der Waals surface area contributed by atoms with Gasteiger partial charge in [0, 0.05) is 19.8 Å². The molecule has 0 heterocycles. The molecule has 188 valence electrons. The fourth-order valence-electron chi connectivity index (χ4n) is 4.38. The molecule has 1 aliphatic carbocycles. The van der Waals surface area contributed by atoms with Crippen molar-refractivity contribution < 1.29 is 33.7 Å². The third-order valence-corrected chi connectivity index (χ3v) is 6.10. The molecular formula is C26H42O7. The smallest absolute Gasteiger partial charge is 0.347 e. The molecule has 0 aromatic carbocycles. The van der Waals surface area contributed by atoms with Gasteiger partial charge in [0.15, 0.2) is 6.10 Å². The van der Waals surface area contributed by atoms with Gasteiger partial charge in [-0.15, -0.1) is 0 Å². The Labute approximate surface area is 198 Å². The number of carbonyl (C=O) groups is 3. The van der Waals surface area contributed by atoms with Crippen LogP contribution in [-0.4, -0.2) is 48.9 Å². The van der Waals surface area contributed by atoms with Crippen LogP contribution in [0.4, 0.5) is 0 Å². The maximum atomic E-state index is 11.7. The van der Waals surface area contributed by atoms with Crippen LogP contribution in [0.15, 0.2) is 24.3 Å². The molecule has 1 unspecified atom stereocenters. The molecule has 0 amide bonds. The molecule has 0 aromatic rings. The van der Waals surface area contributed by atoms with E-state index in [-0.39, 0.29) is 23.7 Å². The van der Waals surface area contributed by atoms with Crippen molar-refractivity contribution in [1.82, 2.24) is 0 Å². The summed E-state index contributed by atoms with van der Waals surface area (Å²) in [6.07, 6.45) is 15.0. The number of aliphatic hydroxyl groups excluding tert-OH is 1. The van der Waals surface area contributed by atoms with Gasteiger partial charge in [-0.2, -0.15) is 0 Å². The van der Waals surface area contributed by atoms with Crippen LogP contribution in [0.1, 0.15) is 78.6 Å². The zero-order valence-electron chi connectivity index (χ0n) is 20.7. The largest absolute Gasteiger partial charge is 0.466 e. The van der Waals surface area contributed by atoms with Crippen molar-refractivity contribution in [2.75, 3.05) is 13.7 Å². The molecule has 0 bridgehead atoms. The number of ether oxygens (including phenoxy) is 3. The van der Waals surface area contributed by atoms with E-state index in [0.717, 1.165) is 12.8 Å². The highest BCUT2D eigenvalue weighted by Gasteiger charge is 2.40. The highest BCUT2D eigenvalue weighted by Crippen LogP contribution is 2.41. The summed E-state index contributed by atoms with van der Waals surface area (Å²) in [5, 5.41) is 10.7. The Hall–Kier alpha value is -2.15. The lowest BCUT2D eigenvalue weighted by molar-refractivity contribution is -0.165. The van der Waals surface area contributed by atoms with Crippen LogP contribution < -0.4 is 0 Å². The van der Waals surface area contributed by atoms with E-state index in [1.165, 1.54) is 40.2 Å². The molecule has 1 aliphatic rings. The number of carbonyl (C=O) groups excluding carboxylic acids is 3. The van der Waals surface area contributed by atoms with E-state index >= 15 is 0 Å². The van der Waals surface area contributed by atoms with Crippen LogP contribution in [0.5, 0.6) is 0 Å². The number of rotatable bonds is 15. The average Bonchev–Trinajstić information content (AvgIpc) is 3.07. The van der Waals surface area contributed by atoms with Gasteiger partial charge >= 0.3 is 17.9 Å². The number of unbranched alkanes of at least 4 members (excludes halogenated alkanes) is 4. The quantitative estimate of drug-likeness (QED) is 0.164. The van der Waals surface area contributed by atoms with Crippen molar-refractivity contribution in [2.24, 2.45) is 17.8 Å². The second-order valence-corrected chi connectivity index (χ2v) is 8.79. The molecule has 7 nitrogen and oxygen atoms in total. The van der Waals surface area contributed by atoms with Crippen molar-refractivity contribution in [3.05, 3.63) is 24.3 Å². The lowest BCUT2D eigenvalue weighted by atomic mass is 9.86. The molecule has 7 heteroatoms. The van der Waals surface area contributed by atoms with Crippen LogP contribution in [0.3, 0.4) is 0 Å². The van der Waals surface area contributed by atoms with E-state index < -0.39 is 24.1 Å². The molecule has 0 spiro atoms. The van der Waals surface area contributed by atoms with Gasteiger partial charge in [0.1, 0.15) is 0 Å². The molecule has 0 aromatic heterocycles. The zero-order chi connectivity index (χ0) is 24.6. The fraction of sp³-hybridized carbons (Fsp3) is 0.731. The van der Waals surface area contributed by atoms with E-state index in [1.807, 2.05) is 12.2 Å². The fourth-order valence-corrected chi connectivity index (χ4v) is 4.38. The van der Waals surface area contributed by atoms with E-state index in [4.69, 9.17) is 9.47 Å². The van der Waals surface area contributed by atoms with Crippen LogP contribution in [-0.2, 0) is 28.6 Å². The van der Waals surface area contributed by atoms with Crippen molar-refractivity contribution in [1.29, 1.82) is 0 Å². The molecule has 0 aliphatic heterocycles. The third-order valence-electron chi connectivity index (χ3n) is 6.10. The van der Waals surface area contributed by atoms with Gasteiger partial charge in [0.2, 0.25) is 0 Å². The maximum Gasteiger partial charge on any atom is 0.347 e. The summed E-state index contributed by atoms with van der Waals surface area (Å²) in [6, 6.07) is 0. The molecule has 1 saturated carbocycles. The van der Waals surface area contributed by atoms with Crippen molar-refractivity contribution in [3.8, 4) is 0 Å². The minimum atomic E-state index is -0.911. The second kappa shape index (κ2) is 16.5. The Bertz CT molecular complexity index is 655. The van der Waals surface area contributed by atoms with Gasteiger partial charge in [-0.3, -0.25) is 9.59 Å².